The fourth-order valence-electron chi connectivity index (χ4n) is 1.89. The zero-order valence-electron chi connectivity index (χ0n) is 8.66. The van der Waals surface area contributed by atoms with E-state index < -0.39 is 0 Å². The van der Waals surface area contributed by atoms with Gasteiger partial charge in [-0.15, -0.1) is 0 Å². The summed E-state index contributed by atoms with van der Waals surface area (Å²) in [5, 5.41) is 0.542. The van der Waals surface area contributed by atoms with Crippen LogP contribution in [0.1, 0.15) is 35.6 Å². The molecule has 1 saturated heterocycles. The molecule has 82 valence electrons. The van der Waals surface area contributed by atoms with Crippen LogP contribution in [0.15, 0.2) is 17.1 Å². The lowest BCUT2D eigenvalue weighted by molar-refractivity contribution is 0.683. The van der Waals surface area contributed by atoms with Crippen LogP contribution < -0.4 is 11.3 Å². The highest BCUT2D eigenvalue weighted by molar-refractivity contribution is 7.99. The van der Waals surface area contributed by atoms with Gasteiger partial charge in [-0.25, -0.2) is 0 Å². The molecule has 0 spiro atoms. The van der Waals surface area contributed by atoms with Crippen molar-refractivity contribution in [3.8, 4) is 0 Å². The topological polar surface area (TPSA) is 58.9 Å². The molecule has 1 fully saturated rings. The van der Waals surface area contributed by atoms with E-state index in [9.17, 15) is 4.79 Å². The third kappa shape index (κ3) is 2.44. The number of nitrogens with two attached hydrogens (primary N) is 1. The molecule has 3 nitrogen and oxygen atoms in total. The largest absolute Gasteiger partial charge is 0.329 e. The maximum atomic E-state index is 11.3. The van der Waals surface area contributed by atoms with Crippen LogP contribution in [0.25, 0.3) is 0 Å². The summed E-state index contributed by atoms with van der Waals surface area (Å²) in [5.41, 5.74) is 7.38. The Morgan fingerprint density at radius 3 is 3.07 bits per heavy atom. The molecule has 0 aliphatic carbocycles. The molecule has 4 heteroatoms. The van der Waals surface area contributed by atoms with Gasteiger partial charge >= 0.3 is 0 Å². The van der Waals surface area contributed by atoms with E-state index in [1.807, 2.05) is 24.0 Å². The Balaban J connectivity index is 2.23. The molecule has 1 atom stereocenters. The molecule has 15 heavy (non-hydrogen) atoms. The van der Waals surface area contributed by atoms with Crippen molar-refractivity contribution in [2.75, 3.05) is 5.75 Å². The average molecular weight is 224 g/mol. The Bertz CT molecular complexity index is 382. The van der Waals surface area contributed by atoms with E-state index in [0.717, 1.165) is 0 Å². The van der Waals surface area contributed by atoms with E-state index >= 15 is 0 Å². The quantitative estimate of drug-likeness (QED) is 0.805. The minimum absolute atomic E-state index is 0.0536. The van der Waals surface area contributed by atoms with Crippen LogP contribution in [0.5, 0.6) is 0 Å². The number of H-pyrrole nitrogens is 1. The van der Waals surface area contributed by atoms with Gasteiger partial charge in [-0.3, -0.25) is 4.79 Å². The fourth-order valence-corrected chi connectivity index (χ4v) is 3.21. The summed E-state index contributed by atoms with van der Waals surface area (Å²) < 4.78 is 0. The van der Waals surface area contributed by atoms with Crippen LogP contribution in [0.3, 0.4) is 0 Å². The maximum absolute atomic E-state index is 11.3. The lowest BCUT2D eigenvalue weighted by Gasteiger charge is -2.21. The highest BCUT2D eigenvalue weighted by atomic mass is 32.2. The summed E-state index contributed by atoms with van der Waals surface area (Å²) in [4.78, 5) is 14.1. The first-order valence-electron chi connectivity index (χ1n) is 5.34. The summed E-state index contributed by atoms with van der Waals surface area (Å²) in [6.07, 6.45) is 5.65. The smallest absolute Gasteiger partial charge is 0.252 e. The van der Waals surface area contributed by atoms with Crippen LogP contribution in [0, 0.1) is 0 Å². The van der Waals surface area contributed by atoms with Crippen molar-refractivity contribution < 1.29 is 0 Å². The predicted octanol–water partition coefficient (Wildman–Crippen LogP) is 1.79. The van der Waals surface area contributed by atoms with Crippen LogP contribution in [0.2, 0.25) is 0 Å². The Morgan fingerprint density at radius 1 is 1.53 bits per heavy atom. The molecule has 0 saturated carbocycles. The summed E-state index contributed by atoms with van der Waals surface area (Å²) in [7, 11) is 0. The van der Waals surface area contributed by atoms with Gasteiger partial charge in [0.2, 0.25) is 0 Å². The molecule has 2 rings (SSSR count). The van der Waals surface area contributed by atoms with Crippen LogP contribution in [0.4, 0.5) is 0 Å². The summed E-state index contributed by atoms with van der Waals surface area (Å²) in [6.45, 7) is 0.320. The second-order valence-electron chi connectivity index (χ2n) is 3.85. The highest BCUT2D eigenvalue weighted by Gasteiger charge is 2.16. The normalized spacial score (nSPS) is 21.5. The fraction of sp³-hybridized carbons (Fsp3) is 0.545. The summed E-state index contributed by atoms with van der Waals surface area (Å²) >= 11 is 1.98. The number of thioether (sulfide) groups is 1. The number of hydrogen-bond acceptors (Lipinski definition) is 3. The van der Waals surface area contributed by atoms with E-state index in [-0.39, 0.29) is 5.56 Å². The second-order valence-corrected chi connectivity index (χ2v) is 5.16. The van der Waals surface area contributed by atoms with Gasteiger partial charge in [0, 0.05) is 23.6 Å². The second kappa shape index (κ2) is 4.86. The van der Waals surface area contributed by atoms with Crippen molar-refractivity contribution in [3.63, 3.8) is 0 Å². The van der Waals surface area contributed by atoms with Crippen molar-refractivity contribution in [1.82, 2.24) is 4.98 Å². The van der Waals surface area contributed by atoms with E-state index in [0.29, 0.717) is 17.4 Å². The average Bonchev–Trinajstić information content (AvgIpc) is 2.31. The minimum atomic E-state index is -0.0536. The lowest BCUT2D eigenvalue weighted by atomic mass is 10.1. The van der Waals surface area contributed by atoms with E-state index in [1.54, 1.807) is 0 Å². The van der Waals surface area contributed by atoms with Gasteiger partial charge in [0.25, 0.3) is 5.56 Å². The zero-order valence-corrected chi connectivity index (χ0v) is 9.48. The van der Waals surface area contributed by atoms with Crippen LogP contribution in [-0.4, -0.2) is 10.7 Å². The van der Waals surface area contributed by atoms with Gasteiger partial charge in [0.15, 0.2) is 0 Å². The van der Waals surface area contributed by atoms with Gasteiger partial charge in [0.1, 0.15) is 0 Å². The van der Waals surface area contributed by atoms with Gasteiger partial charge in [0.05, 0.1) is 0 Å². The Morgan fingerprint density at radius 2 is 2.40 bits per heavy atom. The molecule has 1 aromatic heterocycles. The molecular formula is C11H16N2OS. The molecule has 1 unspecified atom stereocenters. The molecule has 0 amide bonds. The van der Waals surface area contributed by atoms with Gasteiger partial charge in [-0.2, -0.15) is 11.8 Å². The molecule has 1 aromatic rings. The molecule has 0 radical (unpaired) electrons. The van der Waals surface area contributed by atoms with Gasteiger partial charge in [-0.05, 0) is 30.2 Å². The molecular weight excluding hydrogens is 208 g/mol. The van der Waals surface area contributed by atoms with Crippen molar-refractivity contribution in [1.29, 1.82) is 0 Å². The van der Waals surface area contributed by atoms with Crippen LogP contribution >= 0.6 is 11.8 Å². The van der Waals surface area contributed by atoms with Gasteiger partial charge < -0.3 is 10.7 Å². The van der Waals surface area contributed by atoms with E-state index in [1.165, 1.54) is 30.6 Å². The predicted molar refractivity (Wildman–Crippen MR) is 64.0 cm³/mol. The minimum Gasteiger partial charge on any atom is -0.329 e. The standard InChI is InChI=1S/C11H16N2OS/c12-6-8-5-9(7-13-11(8)14)10-3-1-2-4-15-10/h5,7,10H,1-4,6,12H2,(H,13,14). The molecule has 2 heterocycles. The number of nitrogens with one attached hydrogen (secondary N) is 1. The zero-order chi connectivity index (χ0) is 10.7. The first kappa shape index (κ1) is 10.8. The molecule has 1 aliphatic heterocycles. The number of pyridine rings is 1. The van der Waals surface area contributed by atoms with E-state index in [4.69, 9.17) is 5.73 Å². The van der Waals surface area contributed by atoms with Gasteiger partial charge in [-0.1, -0.05) is 6.42 Å². The van der Waals surface area contributed by atoms with E-state index in [2.05, 4.69) is 4.98 Å². The van der Waals surface area contributed by atoms with Crippen molar-refractivity contribution >= 4 is 11.8 Å². The van der Waals surface area contributed by atoms with Crippen LogP contribution in [-0.2, 0) is 6.54 Å². The molecule has 0 aromatic carbocycles. The summed E-state index contributed by atoms with van der Waals surface area (Å²) in [6, 6.07) is 1.96. The third-order valence-electron chi connectivity index (χ3n) is 2.77. The summed E-state index contributed by atoms with van der Waals surface area (Å²) in [5.74, 6) is 1.22. The highest BCUT2D eigenvalue weighted by Crippen LogP contribution is 2.37. The molecule has 3 N–H and O–H groups in total. The Labute approximate surface area is 93.5 Å². The monoisotopic (exact) mass is 224 g/mol. The number of hydrogen-bond donors (Lipinski definition) is 2. The third-order valence-corrected chi connectivity index (χ3v) is 4.21. The SMILES string of the molecule is NCc1cc(C2CCCCS2)c[nH]c1=O. The first-order valence-corrected chi connectivity index (χ1v) is 6.39. The Kier molecular flexibility index (Phi) is 3.49. The number of rotatable bonds is 2. The Hall–Kier alpha value is -0.740. The maximum Gasteiger partial charge on any atom is 0.252 e. The molecule has 0 bridgehead atoms. The number of aromatic nitrogens is 1. The molecule has 1 aliphatic rings. The van der Waals surface area contributed by atoms with Crippen molar-refractivity contribution in [3.05, 3.63) is 33.7 Å². The first-order chi connectivity index (χ1) is 7.31. The lowest BCUT2D eigenvalue weighted by Crippen LogP contribution is -2.17. The van der Waals surface area contributed by atoms with Crippen molar-refractivity contribution in [2.45, 2.75) is 31.1 Å². The number of aromatic amines is 1. The van der Waals surface area contributed by atoms with Crippen molar-refractivity contribution in [2.24, 2.45) is 5.73 Å².